The first-order chi connectivity index (χ1) is 13.9. The van der Waals surface area contributed by atoms with Crippen LogP contribution < -0.4 is 5.32 Å². The van der Waals surface area contributed by atoms with Crippen molar-refractivity contribution >= 4 is 23.1 Å². The fourth-order valence-corrected chi connectivity index (χ4v) is 2.99. The second-order valence-corrected chi connectivity index (χ2v) is 6.51. The molecule has 0 aliphatic rings. The summed E-state index contributed by atoms with van der Waals surface area (Å²) in [6.45, 7) is 1.93. The van der Waals surface area contributed by atoms with Gasteiger partial charge in [-0.1, -0.05) is 0 Å². The van der Waals surface area contributed by atoms with E-state index in [9.17, 15) is 19.3 Å². The molecule has 1 amide bonds. The SMILES string of the molecule is Cc1ccn2c(NC(=O)c3ccc([N+](=O)[O-])cc3)c(-c3ccc(F)cc3)nc2c1. The molecule has 0 fully saturated rings. The molecule has 0 bridgehead atoms. The molecule has 4 aromatic rings. The van der Waals surface area contributed by atoms with E-state index in [1.54, 1.807) is 22.7 Å². The van der Waals surface area contributed by atoms with Gasteiger partial charge < -0.3 is 5.32 Å². The second kappa shape index (κ2) is 7.16. The molecular formula is C21H15FN4O3. The minimum absolute atomic E-state index is 0.0983. The van der Waals surface area contributed by atoms with E-state index in [-0.39, 0.29) is 17.1 Å². The number of fused-ring (bicyclic) bond motifs is 1. The van der Waals surface area contributed by atoms with E-state index in [1.165, 1.54) is 36.4 Å². The van der Waals surface area contributed by atoms with Gasteiger partial charge >= 0.3 is 0 Å². The minimum Gasteiger partial charge on any atom is -0.306 e. The molecule has 1 N–H and O–H groups in total. The van der Waals surface area contributed by atoms with Crippen LogP contribution in [0.4, 0.5) is 15.9 Å². The smallest absolute Gasteiger partial charge is 0.269 e. The third-order valence-corrected chi connectivity index (χ3v) is 4.47. The van der Waals surface area contributed by atoms with E-state index < -0.39 is 10.8 Å². The molecule has 0 saturated heterocycles. The number of pyridine rings is 1. The number of carbonyl (C=O) groups excluding carboxylic acids is 1. The lowest BCUT2D eigenvalue weighted by molar-refractivity contribution is -0.384. The van der Waals surface area contributed by atoms with Crippen LogP contribution in [0.5, 0.6) is 0 Å². The number of hydrogen-bond acceptors (Lipinski definition) is 4. The number of rotatable bonds is 4. The number of nitrogens with one attached hydrogen (secondary N) is 1. The Morgan fingerprint density at radius 2 is 1.79 bits per heavy atom. The topological polar surface area (TPSA) is 89.5 Å². The Hall–Kier alpha value is -4.07. The number of nitrogens with zero attached hydrogens (tertiary/aromatic N) is 3. The van der Waals surface area contributed by atoms with Crippen molar-refractivity contribution in [3.8, 4) is 11.3 Å². The molecule has 0 spiro atoms. The van der Waals surface area contributed by atoms with Crippen LogP contribution in [0.1, 0.15) is 15.9 Å². The Balaban J connectivity index is 1.77. The first-order valence-corrected chi connectivity index (χ1v) is 8.73. The Morgan fingerprint density at radius 3 is 2.45 bits per heavy atom. The predicted octanol–water partition coefficient (Wildman–Crippen LogP) is 4.61. The van der Waals surface area contributed by atoms with Crippen molar-refractivity contribution in [2.75, 3.05) is 5.32 Å². The largest absolute Gasteiger partial charge is 0.306 e. The molecule has 4 rings (SSSR count). The zero-order valence-electron chi connectivity index (χ0n) is 15.3. The quantitative estimate of drug-likeness (QED) is 0.407. The molecule has 0 radical (unpaired) electrons. The number of amides is 1. The summed E-state index contributed by atoms with van der Waals surface area (Å²) in [5.41, 5.74) is 2.93. The van der Waals surface area contributed by atoms with Crippen LogP contribution in [-0.2, 0) is 0 Å². The third-order valence-electron chi connectivity index (χ3n) is 4.47. The average Bonchev–Trinajstić information content (AvgIpc) is 3.06. The zero-order valence-corrected chi connectivity index (χ0v) is 15.3. The van der Waals surface area contributed by atoms with E-state index in [1.807, 2.05) is 19.1 Å². The Morgan fingerprint density at radius 1 is 1.10 bits per heavy atom. The van der Waals surface area contributed by atoms with Crippen molar-refractivity contribution in [2.45, 2.75) is 6.92 Å². The fraction of sp³-hybridized carbons (Fsp3) is 0.0476. The fourth-order valence-electron chi connectivity index (χ4n) is 2.99. The Kier molecular flexibility index (Phi) is 4.52. The summed E-state index contributed by atoms with van der Waals surface area (Å²) in [5.74, 6) is -0.384. The van der Waals surface area contributed by atoms with Crippen LogP contribution in [-0.4, -0.2) is 20.2 Å². The summed E-state index contributed by atoms with van der Waals surface area (Å²) in [5, 5.41) is 13.6. The number of nitro groups is 1. The number of imidazole rings is 1. The molecule has 2 aromatic carbocycles. The molecule has 0 saturated carbocycles. The number of aromatic nitrogens is 2. The number of hydrogen-bond donors (Lipinski definition) is 1. The van der Waals surface area contributed by atoms with Gasteiger partial charge in [0.25, 0.3) is 11.6 Å². The number of halogens is 1. The highest BCUT2D eigenvalue weighted by molar-refractivity contribution is 6.05. The minimum atomic E-state index is -0.527. The van der Waals surface area contributed by atoms with E-state index in [4.69, 9.17) is 0 Å². The predicted molar refractivity (Wildman–Crippen MR) is 106 cm³/mol. The highest BCUT2D eigenvalue weighted by atomic mass is 19.1. The molecule has 8 heteroatoms. The molecule has 0 atom stereocenters. The number of aryl methyl sites for hydroxylation is 1. The number of non-ortho nitro benzene ring substituents is 1. The number of carbonyl (C=O) groups is 1. The molecule has 0 aliphatic carbocycles. The maximum Gasteiger partial charge on any atom is 0.269 e. The number of benzene rings is 2. The maximum atomic E-state index is 13.3. The molecule has 7 nitrogen and oxygen atoms in total. The Labute approximate surface area is 164 Å². The van der Waals surface area contributed by atoms with E-state index in [0.29, 0.717) is 22.7 Å². The van der Waals surface area contributed by atoms with Crippen LogP contribution in [0.25, 0.3) is 16.9 Å². The van der Waals surface area contributed by atoms with Gasteiger partial charge in [-0.15, -0.1) is 0 Å². The molecule has 144 valence electrons. The van der Waals surface area contributed by atoms with Gasteiger partial charge in [-0.25, -0.2) is 9.37 Å². The molecule has 0 aliphatic heterocycles. The summed E-state index contributed by atoms with van der Waals surface area (Å²) in [4.78, 5) is 27.6. The van der Waals surface area contributed by atoms with Crippen LogP contribution >= 0.6 is 0 Å². The van der Waals surface area contributed by atoms with Crippen molar-refractivity contribution in [1.29, 1.82) is 0 Å². The first-order valence-electron chi connectivity index (χ1n) is 8.73. The van der Waals surface area contributed by atoms with Crippen molar-refractivity contribution in [3.05, 3.63) is 93.9 Å². The molecule has 29 heavy (non-hydrogen) atoms. The van der Waals surface area contributed by atoms with Crippen LogP contribution in [0.2, 0.25) is 0 Å². The van der Waals surface area contributed by atoms with Crippen molar-refractivity contribution < 1.29 is 14.1 Å². The van der Waals surface area contributed by atoms with Gasteiger partial charge in [-0.05, 0) is 61.0 Å². The third kappa shape index (κ3) is 3.55. The van der Waals surface area contributed by atoms with Gasteiger partial charge in [0.05, 0.1) is 4.92 Å². The van der Waals surface area contributed by atoms with Gasteiger partial charge in [-0.3, -0.25) is 19.3 Å². The lowest BCUT2D eigenvalue weighted by Gasteiger charge is -2.08. The second-order valence-electron chi connectivity index (χ2n) is 6.51. The number of anilines is 1. The van der Waals surface area contributed by atoms with Gasteiger partial charge in [-0.2, -0.15) is 0 Å². The van der Waals surface area contributed by atoms with E-state index in [0.717, 1.165) is 5.56 Å². The van der Waals surface area contributed by atoms with Crippen molar-refractivity contribution in [2.24, 2.45) is 0 Å². The lowest BCUT2D eigenvalue weighted by atomic mass is 10.1. The highest BCUT2D eigenvalue weighted by Gasteiger charge is 2.18. The maximum absolute atomic E-state index is 13.3. The van der Waals surface area contributed by atoms with Crippen LogP contribution in [0.15, 0.2) is 66.9 Å². The summed E-state index contributed by atoms with van der Waals surface area (Å²) < 4.78 is 15.1. The lowest BCUT2D eigenvalue weighted by Crippen LogP contribution is -2.14. The summed E-state index contributed by atoms with van der Waals surface area (Å²) >= 11 is 0. The molecule has 0 unspecified atom stereocenters. The zero-order chi connectivity index (χ0) is 20.5. The monoisotopic (exact) mass is 390 g/mol. The molecule has 2 aromatic heterocycles. The average molecular weight is 390 g/mol. The van der Waals surface area contributed by atoms with E-state index >= 15 is 0 Å². The van der Waals surface area contributed by atoms with Crippen LogP contribution in [0, 0.1) is 22.9 Å². The summed E-state index contributed by atoms with van der Waals surface area (Å²) in [6.07, 6.45) is 1.79. The summed E-state index contributed by atoms with van der Waals surface area (Å²) in [7, 11) is 0. The molecule has 2 heterocycles. The van der Waals surface area contributed by atoms with Crippen molar-refractivity contribution in [3.63, 3.8) is 0 Å². The normalized spacial score (nSPS) is 10.8. The van der Waals surface area contributed by atoms with Gasteiger partial charge in [0.15, 0.2) is 0 Å². The van der Waals surface area contributed by atoms with Gasteiger partial charge in [0.2, 0.25) is 0 Å². The van der Waals surface area contributed by atoms with Crippen molar-refractivity contribution in [1.82, 2.24) is 9.38 Å². The standard InChI is InChI=1S/C21H15FN4O3/c1-13-10-11-25-18(12-13)23-19(14-2-6-16(22)7-3-14)20(25)24-21(27)15-4-8-17(9-5-15)26(28)29/h2-12H,1H3,(H,24,27). The highest BCUT2D eigenvalue weighted by Crippen LogP contribution is 2.30. The van der Waals surface area contributed by atoms with Crippen LogP contribution in [0.3, 0.4) is 0 Å². The van der Waals surface area contributed by atoms with Gasteiger partial charge in [0, 0.05) is 29.5 Å². The Bertz CT molecular complexity index is 1230. The number of nitro benzene ring substituents is 1. The van der Waals surface area contributed by atoms with E-state index in [2.05, 4.69) is 10.3 Å². The molecular weight excluding hydrogens is 375 g/mol. The summed E-state index contributed by atoms with van der Waals surface area (Å²) in [6, 6.07) is 14.9. The first kappa shape index (κ1) is 18.3. The van der Waals surface area contributed by atoms with Gasteiger partial charge in [0.1, 0.15) is 23.0 Å².